The van der Waals surface area contributed by atoms with E-state index in [1.807, 2.05) is 73.1 Å². The van der Waals surface area contributed by atoms with Crippen LogP contribution >= 0.6 is 23.4 Å². The fraction of sp³-hybridized carbons (Fsp3) is 0.211. The van der Waals surface area contributed by atoms with Crippen LogP contribution in [0, 0.1) is 0 Å². The van der Waals surface area contributed by atoms with Gasteiger partial charge in [-0.15, -0.1) is 10.2 Å². The molecule has 7 heteroatoms. The fourth-order valence-corrected chi connectivity index (χ4v) is 3.37. The van der Waals surface area contributed by atoms with Crippen molar-refractivity contribution in [3.05, 3.63) is 65.2 Å². The Bertz CT molecular complexity index is 880. The Balaban J connectivity index is 1.63. The second-order valence-corrected chi connectivity index (χ2v) is 7.58. The molecule has 0 bridgehead atoms. The second-order valence-electron chi connectivity index (χ2n) is 5.84. The van der Waals surface area contributed by atoms with Crippen molar-refractivity contribution in [1.29, 1.82) is 0 Å². The summed E-state index contributed by atoms with van der Waals surface area (Å²) >= 11 is 7.31. The maximum absolute atomic E-state index is 12.3. The average molecular weight is 387 g/mol. The normalized spacial score (nSPS) is 12.0. The number of carbonyl (C=O) groups is 1. The first-order chi connectivity index (χ1) is 12.5. The number of benzene rings is 2. The SMILES string of the molecule is CC(Sc1nnc(-c2ccc(Cl)cc2)n1C)C(=O)NCc1ccccc1. The summed E-state index contributed by atoms with van der Waals surface area (Å²) in [7, 11) is 1.89. The molecule has 1 aromatic heterocycles. The maximum atomic E-state index is 12.3. The number of nitrogens with one attached hydrogen (secondary N) is 1. The van der Waals surface area contributed by atoms with E-state index in [0.717, 1.165) is 17.0 Å². The van der Waals surface area contributed by atoms with Crippen molar-refractivity contribution < 1.29 is 4.79 Å². The van der Waals surface area contributed by atoms with Crippen LogP contribution in [0.2, 0.25) is 5.02 Å². The van der Waals surface area contributed by atoms with E-state index in [1.54, 1.807) is 0 Å². The van der Waals surface area contributed by atoms with Gasteiger partial charge in [-0.1, -0.05) is 53.7 Å². The van der Waals surface area contributed by atoms with E-state index >= 15 is 0 Å². The van der Waals surface area contributed by atoms with Crippen molar-refractivity contribution in [1.82, 2.24) is 20.1 Å². The van der Waals surface area contributed by atoms with Crippen molar-refractivity contribution >= 4 is 29.3 Å². The molecule has 0 radical (unpaired) electrons. The summed E-state index contributed by atoms with van der Waals surface area (Å²) in [6.45, 7) is 2.38. The monoisotopic (exact) mass is 386 g/mol. The van der Waals surface area contributed by atoms with E-state index in [4.69, 9.17) is 11.6 Å². The minimum absolute atomic E-state index is 0.0325. The number of rotatable bonds is 6. The van der Waals surface area contributed by atoms with E-state index < -0.39 is 0 Å². The molecule has 0 aliphatic rings. The van der Waals surface area contributed by atoms with Gasteiger partial charge in [0.05, 0.1) is 5.25 Å². The predicted octanol–water partition coefficient (Wildman–Crippen LogP) is 3.93. The first kappa shape index (κ1) is 18.5. The summed E-state index contributed by atoms with van der Waals surface area (Å²) < 4.78 is 1.88. The quantitative estimate of drug-likeness (QED) is 0.652. The molecule has 2 aromatic carbocycles. The molecule has 1 heterocycles. The topological polar surface area (TPSA) is 59.8 Å². The lowest BCUT2D eigenvalue weighted by molar-refractivity contribution is -0.120. The Labute approximate surface area is 161 Å². The molecule has 1 N–H and O–H groups in total. The largest absolute Gasteiger partial charge is 0.351 e. The molecular weight excluding hydrogens is 368 g/mol. The summed E-state index contributed by atoms with van der Waals surface area (Å²) in [6.07, 6.45) is 0. The molecule has 1 unspecified atom stereocenters. The highest BCUT2D eigenvalue weighted by Crippen LogP contribution is 2.26. The Morgan fingerprint density at radius 2 is 1.85 bits per heavy atom. The summed E-state index contributed by atoms with van der Waals surface area (Å²) in [6, 6.07) is 17.3. The molecule has 3 rings (SSSR count). The zero-order valence-corrected chi connectivity index (χ0v) is 16.1. The van der Waals surface area contributed by atoms with Crippen molar-refractivity contribution in [2.75, 3.05) is 0 Å². The van der Waals surface area contributed by atoms with Crippen LogP contribution in [-0.4, -0.2) is 25.9 Å². The number of carbonyl (C=O) groups excluding carboxylic acids is 1. The van der Waals surface area contributed by atoms with Gasteiger partial charge in [0.2, 0.25) is 5.91 Å². The number of aromatic nitrogens is 3. The molecule has 3 aromatic rings. The molecule has 134 valence electrons. The van der Waals surface area contributed by atoms with Gasteiger partial charge >= 0.3 is 0 Å². The number of hydrogen-bond acceptors (Lipinski definition) is 4. The first-order valence-electron chi connectivity index (χ1n) is 8.18. The molecule has 1 amide bonds. The highest BCUT2D eigenvalue weighted by atomic mass is 35.5. The van der Waals surface area contributed by atoms with Gasteiger partial charge in [-0.2, -0.15) is 0 Å². The number of amides is 1. The second kappa shape index (κ2) is 8.38. The molecule has 0 saturated heterocycles. The minimum atomic E-state index is -0.278. The van der Waals surface area contributed by atoms with Crippen LogP contribution in [0.15, 0.2) is 59.8 Å². The molecule has 5 nitrogen and oxygen atoms in total. The molecule has 0 aliphatic heterocycles. The molecule has 0 aliphatic carbocycles. The third-order valence-corrected chi connectivity index (χ3v) is 5.28. The summed E-state index contributed by atoms with van der Waals surface area (Å²) in [5.41, 5.74) is 2.00. The lowest BCUT2D eigenvalue weighted by atomic mass is 10.2. The van der Waals surface area contributed by atoms with Crippen LogP contribution in [0.5, 0.6) is 0 Å². The summed E-state index contributed by atoms with van der Waals surface area (Å²) in [4.78, 5) is 12.3. The van der Waals surface area contributed by atoms with Crippen molar-refractivity contribution in [3.63, 3.8) is 0 Å². The highest BCUT2D eigenvalue weighted by Gasteiger charge is 2.19. The Hall–Kier alpha value is -2.31. The standard InChI is InChI=1S/C19H19ClN4OS/c1-13(18(25)21-12-14-6-4-3-5-7-14)26-19-23-22-17(24(19)2)15-8-10-16(20)11-9-15/h3-11,13H,12H2,1-2H3,(H,21,25). The predicted molar refractivity (Wildman–Crippen MR) is 105 cm³/mol. The van der Waals surface area contributed by atoms with E-state index in [0.29, 0.717) is 16.7 Å². The number of thioether (sulfide) groups is 1. The first-order valence-corrected chi connectivity index (χ1v) is 9.44. The number of nitrogens with zero attached hydrogens (tertiary/aromatic N) is 3. The van der Waals surface area contributed by atoms with E-state index in [9.17, 15) is 4.79 Å². The van der Waals surface area contributed by atoms with Crippen molar-refractivity contribution in [3.8, 4) is 11.4 Å². The minimum Gasteiger partial charge on any atom is -0.351 e. The third-order valence-electron chi connectivity index (χ3n) is 3.90. The number of hydrogen-bond donors (Lipinski definition) is 1. The summed E-state index contributed by atoms with van der Waals surface area (Å²) in [5.74, 6) is 0.705. The molecule has 26 heavy (non-hydrogen) atoms. The molecule has 1 atom stereocenters. The molecule has 0 saturated carbocycles. The van der Waals surface area contributed by atoms with Gasteiger partial charge in [-0.25, -0.2) is 0 Å². The van der Waals surface area contributed by atoms with Gasteiger partial charge in [-0.05, 0) is 36.8 Å². The van der Waals surface area contributed by atoms with Gasteiger partial charge in [0, 0.05) is 24.2 Å². The molecule has 0 spiro atoms. The lowest BCUT2D eigenvalue weighted by Crippen LogP contribution is -2.30. The Morgan fingerprint density at radius 1 is 1.15 bits per heavy atom. The molecule has 0 fully saturated rings. The van der Waals surface area contributed by atoms with Crippen LogP contribution in [0.25, 0.3) is 11.4 Å². The maximum Gasteiger partial charge on any atom is 0.233 e. The molecular formula is C19H19ClN4OS. The van der Waals surface area contributed by atoms with Crippen LogP contribution in [-0.2, 0) is 18.4 Å². The van der Waals surface area contributed by atoms with Gasteiger partial charge in [0.25, 0.3) is 0 Å². The van der Waals surface area contributed by atoms with Crippen LogP contribution in [0.3, 0.4) is 0 Å². The number of halogens is 1. The summed E-state index contributed by atoms with van der Waals surface area (Å²) in [5, 5.41) is 12.5. The zero-order chi connectivity index (χ0) is 18.5. The third kappa shape index (κ3) is 4.45. The fourth-order valence-electron chi connectivity index (χ4n) is 2.41. The van der Waals surface area contributed by atoms with Crippen LogP contribution < -0.4 is 5.32 Å². The average Bonchev–Trinajstić information content (AvgIpc) is 3.01. The van der Waals surface area contributed by atoms with E-state index in [-0.39, 0.29) is 11.2 Å². The van der Waals surface area contributed by atoms with Gasteiger partial charge in [0.15, 0.2) is 11.0 Å². The van der Waals surface area contributed by atoms with Crippen LogP contribution in [0.1, 0.15) is 12.5 Å². The van der Waals surface area contributed by atoms with Crippen molar-refractivity contribution in [2.45, 2.75) is 23.9 Å². The lowest BCUT2D eigenvalue weighted by Gasteiger charge is -2.11. The van der Waals surface area contributed by atoms with Gasteiger partial charge in [-0.3, -0.25) is 4.79 Å². The van der Waals surface area contributed by atoms with E-state index in [2.05, 4.69) is 15.5 Å². The Morgan fingerprint density at radius 3 is 2.54 bits per heavy atom. The van der Waals surface area contributed by atoms with E-state index in [1.165, 1.54) is 11.8 Å². The van der Waals surface area contributed by atoms with Gasteiger partial charge in [0.1, 0.15) is 0 Å². The zero-order valence-electron chi connectivity index (χ0n) is 14.5. The smallest absolute Gasteiger partial charge is 0.233 e. The highest BCUT2D eigenvalue weighted by molar-refractivity contribution is 8.00. The Kier molecular flexibility index (Phi) is 5.96. The van der Waals surface area contributed by atoms with Crippen LogP contribution in [0.4, 0.5) is 0 Å². The van der Waals surface area contributed by atoms with Crippen molar-refractivity contribution in [2.24, 2.45) is 7.05 Å². The van der Waals surface area contributed by atoms with Gasteiger partial charge < -0.3 is 9.88 Å².